The van der Waals surface area contributed by atoms with Gasteiger partial charge >= 0.3 is 6.03 Å². The Labute approximate surface area is 163 Å². The second-order valence-corrected chi connectivity index (χ2v) is 6.67. The first-order chi connectivity index (χ1) is 13.1. The van der Waals surface area contributed by atoms with Gasteiger partial charge in [-0.2, -0.15) is 0 Å². The van der Waals surface area contributed by atoms with E-state index in [1.54, 1.807) is 29.2 Å². The molecule has 1 aliphatic heterocycles. The number of aromatic hydroxyl groups is 1. The molecule has 0 saturated carbocycles. The van der Waals surface area contributed by atoms with E-state index < -0.39 is 0 Å². The number of carbonyl (C=O) groups excluding carboxylic acids is 1. The van der Waals surface area contributed by atoms with Crippen LogP contribution in [0.4, 0.5) is 4.79 Å². The van der Waals surface area contributed by atoms with Gasteiger partial charge in [0.1, 0.15) is 23.9 Å². The van der Waals surface area contributed by atoms with Crippen LogP contribution in [0.1, 0.15) is 18.1 Å². The zero-order valence-corrected chi connectivity index (χ0v) is 16.0. The highest BCUT2D eigenvalue weighted by molar-refractivity contribution is 6.30. The number of halogens is 1. The van der Waals surface area contributed by atoms with E-state index in [0.717, 1.165) is 16.9 Å². The number of carbonyl (C=O) groups is 1. The van der Waals surface area contributed by atoms with Crippen LogP contribution in [-0.4, -0.2) is 42.3 Å². The minimum absolute atomic E-state index is 0.151. The SMILES string of the molecule is CCOc1ccc(Cl)cc1CCNC(=O)N1CCOc2cc(O)ccc2C1. The summed E-state index contributed by atoms with van der Waals surface area (Å²) in [5, 5.41) is 13.2. The van der Waals surface area contributed by atoms with Crippen molar-refractivity contribution in [1.82, 2.24) is 10.2 Å². The van der Waals surface area contributed by atoms with E-state index in [1.165, 1.54) is 0 Å². The maximum absolute atomic E-state index is 12.5. The molecule has 0 unspecified atom stereocenters. The molecule has 7 heteroatoms. The zero-order chi connectivity index (χ0) is 19.2. The Bertz CT molecular complexity index is 813. The molecule has 0 atom stereocenters. The average molecular weight is 391 g/mol. The minimum atomic E-state index is -0.153. The van der Waals surface area contributed by atoms with E-state index in [0.29, 0.717) is 50.0 Å². The van der Waals surface area contributed by atoms with Crippen molar-refractivity contribution in [3.63, 3.8) is 0 Å². The van der Waals surface area contributed by atoms with E-state index >= 15 is 0 Å². The van der Waals surface area contributed by atoms with Gasteiger partial charge in [0, 0.05) is 23.2 Å². The molecule has 1 heterocycles. The van der Waals surface area contributed by atoms with Gasteiger partial charge < -0.3 is 24.8 Å². The Balaban J connectivity index is 1.58. The molecule has 6 nitrogen and oxygen atoms in total. The van der Waals surface area contributed by atoms with Gasteiger partial charge in [-0.25, -0.2) is 4.79 Å². The number of phenolic OH excluding ortho intramolecular Hbond substituents is 1. The van der Waals surface area contributed by atoms with Gasteiger partial charge in [0.15, 0.2) is 0 Å². The number of fused-ring (bicyclic) bond motifs is 1. The lowest BCUT2D eigenvalue weighted by Gasteiger charge is -2.20. The number of ether oxygens (including phenoxy) is 2. The lowest BCUT2D eigenvalue weighted by Crippen LogP contribution is -2.41. The predicted octanol–water partition coefficient (Wildman–Crippen LogP) is 3.59. The molecule has 0 fully saturated rings. The largest absolute Gasteiger partial charge is 0.508 e. The van der Waals surface area contributed by atoms with Crippen LogP contribution in [0.2, 0.25) is 5.02 Å². The van der Waals surface area contributed by atoms with Crippen molar-refractivity contribution in [2.75, 3.05) is 26.3 Å². The Hall–Kier alpha value is -2.60. The van der Waals surface area contributed by atoms with Crippen LogP contribution in [-0.2, 0) is 13.0 Å². The molecular formula is C20H23ClN2O4. The summed E-state index contributed by atoms with van der Waals surface area (Å²) in [5.41, 5.74) is 1.83. The normalized spacial score (nSPS) is 13.3. The second kappa shape index (κ2) is 8.86. The molecule has 0 radical (unpaired) electrons. The number of amides is 2. The van der Waals surface area contributed by atoms with Gasteiger partial charge in [-0.1, -0.05) is 11.6 Å². The van der Waals surface area contributed by atoms with Crippen molar-refractivity contribution in [3.05, 3.63) is 52.5 Å². The first-order valence-corrected chi connectivity index (χ1v) is 9.33. The van der Waals surface area contributed by atoms with Crippen molar-refractivity contribution in [2.24, 2.45) is 0 Å². The summed E-state index contributed by atoms with van der Waals surface area (Å²) < 4.78 is 11.2. The molecule has 0 saturated heterocycles. The first kappa shape index (κ1) is 19.2. The second-order valence-electron chi connectivity index (χ2n) is 6.23. The van der Waals surface area contributed by atoms with E-state index in [1.807, 2.05) is 19.1 Å². The molecule has 2 aromatic carbocycles. The maximum Gasteiger partial charge on any atom is 0.317 e. The smallest absolute Gasteiger partial charge is 0.317 e. The van der Waals surface area contributed by atoms with Crippen molar-refractivity contribution in [1.29, 1.82) is 0 Å². The number of benzene rings is 2. The van der Waals surface area contributed by atoms with Crippen LogP contribution in [0.25, 0.3) is 0 Å². The third-order valence-corrected chi connectivity index (χ3v) is 4.55. The Morgan fingerprint density at radius 3 is 3.00 bits per heavy atom. The van der Waals surface area contributed by atoms with Crippen molar-refractivity contribution in [2.45, 2.75) is 19.9 Å². The van der Waals surface area contributed by atoms with E-state index in [-0.39, 0.29) is 11.8 Å². The monoisotopic (exact) mass is 390 g/mol. The van der Waals surface area contributed by atoms with Gasteiger partial charge in [0.05, 0.1) is 19.7 Å². The number of phenols is 1. The third kappa shape index (κ3) is 4.98. The van der Waals surface area contributed by atoms with Gasteiger partial charge in [0.2, 0.25) is 0 Å². The summed E-state index contributed by atoms with van der Waals surface area (Å²) in [6.07, 6.45) is 0.621. The highest BCUT2D eigenvalue weighted by atomic mass is 35.5. The predicted molar refractivity (Wildman–Crippen MR) is 104 cm³/mol. The number of nitrogens with one attached hydrogen (secondary N) is 1. The van der Waals surface area contributed by atoms with Gasteiger partial charge in [-0.05, 0) is 49.2 Å². The molecule has 1 aliphatic rings. The van der Waals surface area contributed by atoms with Gasteiger partial charge in [-0.15, -0.1) is 0 Å². The number of hydrogen-bond acceptors (Lipinski definition) is 4. The lowest BCUT2D eigenvalue weighted by atomic mass is 10.1. The standard InChI is InChI=1S/C20H23ClN2O4/c1-2-26-18-6-4-16(21)11-14(18)7-8-22-20(25)23-9-10-27-19-12-17(24)5-3-15(19)13-23/h3-6,11-12,24H,2,7-10,13H2,1H3,(H,22,25). The van der Waals surface area contributed by atoms with Crippen LogP contribution in [0, 0.1) is 0 Å². The van der Waals surface area contributed by atoms with Crippen LogP contribution in [0.15, 0.2) is 36.4 Å². The van der Waals surface area contributed by atoms with Gasteiger partial charge in [-0.3, -0.25) is 0 Å². The number of rotatable bonds is 5. The summed E-state index contributed by atoms with van der Waals surface area (Å²) in [5.74, 6) is 1.55. The van der Waals surface area contributed by atoms with E-state index in [9.17, 15) is 9.90 Å². The van der Waals surface area contributed by atoms with E-state index in [2.05, 4.69) is 5.32 Å². The quantitative estimate of drug-likeness (QED) is 0.818. The van der Waals surface area contributed by atoms with Crippen molar-refractivity contribution >= 4 is 17.6 Å². The molecule has 3 rings (SSSR count). The summed E-state index contributed by atoms with van der Waals surface area (Å²) in [6, 6.07) is 10.3. The number of hydrogen-bond donors (Lipinski definition) is 2. The van der Waals surface area contributed by atoms with Gasteiger partial charge in [0.25, 0.3) is 0 Å². The Morgan fingerprint density at radius 1 is 1.33 bits per heavy atom. The van der Waals surface area contributed by atoms with Crippen molar-refractivity contribution in [3.8, 4) is 17.2 Å². The Kier molecular flexibility index (Phi) is 6.29. The highest BCUT2D eigenvalue weighted by Crippen LogP contribution is 2.27. The van der Waals surface area contributed by atoms with Crippen LogP contribution in [0.5, 0.6) is 17.2 Å². The van der Waals surface area contributed by atoms with Crippen LogP contribution in [0.3, 0.4) is 0 Å². The van der Waals surface area contributed by atoms with Crippen molar-refractivity contribution < 1.29 is 19.4 Å². The molecule has 0 aromatic heterocycles. The number of nitrogens with zero attached hydrogens (tertiary/aromatic N) is 1. The summed E-state index contributed by atoms with van der Waals surface area (Å²) in [4.78, 5) is 14.2. The summed E-state index contributed by atoms with van der Waals surface area (Å²) in [6.45, 7) is 4.26. The molecule has 0 aliphatic carbocycles. The van der Waals surface area contributed by atoms with E-state index in [4.69, 9.17) is 21.1 Å². The fourth-order valence-electron chi connectivity index (χ4n) is 2.99. The number of urea groups is 1. The fraction of sp³-hybridized carbons (Fsp3) is 0.350. The minimum Gasteiger partial charge on any atom is -0.508 e. The zero-order valence-electron chi connectivity index (χ0n) is 15.2. The Morgan fingerprint density at radius 2 is 2.19 bits per heavy atom. The molecule has 27 heavy (non-hydrogen) atoms. The molecule has 2 N–H and O–H groups in total. The topological polar surface area (TPSA) is 71.0 Å². The molecule has 0 spiro atoms. The summed E-state index contributed by atoms with van der Waals surface area (Å²) in [7, 11) is 0. The first-order valence-electron chi connectivity index (χ1n) is 8.95. The molecule has 0 bridgehead atoms. The molecular weight excluding hydrogens is 368 g/mol. The summed E-state index contributed by atoms with van der Waals surface area (Å²) >= 11 is 6.07. The highest BCUT2D eigenvalue weighted by Gasteiger charge is 2.20. The lowest BCUT2D eigenvalue weighted by molar-refractivity contribution is 0.188. The van der Waals surface area contributed by atoms with Crippen LogP contribution >= 0.6 is 11.6 Å². The third-order valence-electron chi connectivity index (χ3n) is 4.31. The molecule has 144 valence electrons. The molecule has 2 aromatic rings. The average Bonchev–Trinajstić information content (AvgIpc) is 2.86. The maximum atomic E-state index is 12.5. The van der Waals surface area contributed by atoms with Crippen LogP contribution < -0.4 is 14.8 Å². The molecule has 2 amide bonds. The fourth-order valence-corrected chi connectivity index (χ4v) is 3.18.